The topological polar surface area (TPSA) is 68.4 Å². The highest BCUT2D eigenvalue weighted by Crippen LogP contribution is 2.30. The van der Waals surface area contributed by atoms with Crippen molar-refractivity contribution in [3.63, 3.8) is 0 Å². The van der Waals surface area contributed by atoms with Gasteiger partial charge < -0.3 is 14.7 Å². The van der Waals surface area contributed by atoms with Gasteiger partial charge in [0.1, 0.15) is 0 Å². The van der Waals surface area contributed by atoms with Crippen molar-refractivity contribution < 1.29 is 8.94 Å². The highest BCUT2D eigenvalue weighted by Gasteiger charge is 2.32. The Kier molecular flexibility index (Phi) is 3.16. The van der Waals surface area contributed by atoms with E-state index in [1.54, 1.807) is 6.26 Å². The van der Waals surface area contributed by atoms with Crippen LogP contribution in [-0.4, -0.2) is 29.7 Å². The van der Waals surface area contributed by atoms with E-state index in [0.29, 0.717) is 11.5 Å². The average molecular weight is 261 g/mol. The standard InChI is InChI=1S/C14H19N3O2/c1-14(9-15)4-5-17(10-14)8-11-7-13(19-16-11)12-3-2-6-18-12/h2-3,6-7H,4-5,8-10,15H2,1H3. The SMILES string of the molecule is CC1(CN)CCN(Cc2cc(-c3ccco3)on2)C1. The molecule has 1 aliphatic heterocycles. The molecule has 1 saturated heterocycles. The molecule has 1 atom stereocenters. The normalized spacial score (nSPS) is 24.1. The highest BCUT2D eigenvalue weighted by atomic mass is 16.5. The van der Waals surface area contributed by atoms with Gasteiger partial charge in [-0.15, -0.1) is 0 Å². The first-order valence-electron chi connectivity index (χ1n) is 6.60. The van der Waals surface area contributed by atoms with Crippen molar-refractivity contribution in [2.24, 2.45) is 11.1 Å². The van der Waals surface area contributed by atoms with Crippen LogP contribution in [0.25, 0.3) is 11.5 Å². The third-order valence-corrected chi connectivity index (χ3v) is 3.84. The zero-order valence-electron chi connectivity index (χ0n) is 11.1. The second-order valence-electron chi connectivity index (χ2n) is 5.64. The van der Waals surface area contributed by atoms with Crippen LogP contribution in [0.2, 0.25) is 0 Å². The zero-order valence-corrected chi connectivity index (χ0v) is 11.1. The number of likely N-dealkylation sites (tertiary alicyclic amines) is 1. The van der Waals surface area contributed by atoms with Crippen molar-refractivity contribution >= 4 is 0 Å². The quantitative estimate of drug-likeness (QED) is 0.912. The first-order valence-corrected chi connectivity index (χ1v) is 6.60. The summed E-state index contributed by atoms with van der Waals surface area (Å²) < 4.78 is 10.6. The smallest absolute Gasteiger partial charge is 0.202 e. The van der Waals surface area contributed by atoms with Gasteiger partial charge in [0.15, 0.2) is 5.76 Å². The number of nitrogens with zero attached hydrogens (tertiary/aromatic N) is 2. The van der Waals surface area contributed by atoms with Gasteiger partial charge in [0.05, 0.1) is 12.0 Å². The van der Waals surface area contributed by atoms with Crippen molar-refractivity contribution in [3.8, 4) is 11.5 Å². The van der Waals surface area contributed by atoms with Gasteiger partial charge in [-0.05, 0) is 37.1 Å². The minimum absolute atomic E-state index is 0.244. The molecule has 0 aliphatic carbocycles. The Morgan fingerprint density at radius 3 is 3.05 bits per heavy atom. The summed E-state index contributed by atoms with van der Waals surface area (Å²) in [6.45, 7) is 5.87. The molecule has 1 aliphatic rings. The summed E-state index contributed by atoms with van der Waals surface area (Å²) in [4.78, 5) is 2.37. The Balaban J connectivity index is 1.65. The van der Waals surface area contributed by atoms with E-state index in [4.69, 9.17) is 14.7 Å². The van der Waals surface area contributed by atoms with Crippen LogP contribution in [0.1, 0.15) is 19.0 Å². The summed E-state index contributed by atoms with van der Waals surface area (Å²) in [6, 6.07) is 5.65. The lowest BCUT2D eigenvalue weighted by Gasteiger charge is -2.21. The average Bonchev–Trinajstić information content (AvgIpc) is 3.11. The lowest BCUT2D eigenvalue weighted by atomic mass is 9.90. The van der Waals surface area contributed by atoms with E-state index in [1.165, 1.54) is 0 Å². The molecule has 0 saturated carbocycles. The number of furan rings is 1. The van der Waals surface area contributed by atoms with Crippen molar-refractivity contribution in [2.75, 3.05) is 19.6 Å². The predicted molar refractivity (Wildman–Crippen MR) is 71.3 cm³/mol. The number of hydrogen-bond acceptors (Lipinski definition) is 5. The maximum absolute atomic E-state index is 5.82. The van der Waals surface area contributed by atoms with E-state index in [-0.39, 0.29) is 5.41 Å². The Hall–Kier alpha value is -1.59. The summed E-state index contributed by atoms with van der Waals surface area (Å²) in [7, 11) is 0. The molecule has 102 valence electrons. The largest absolute Gasteiger partial charge is 0.461 e. The fourth-order valence-electron chi connectivity index (χ4n) is 2.58. The molecular weight excluding hydrogens is 242 g/mol. The Morgan fingerprint density at radius 2 is 2.37 bits per heavy atom. The first-order chi connectivity index (χ1) is 9.18. The summed E-state index contributed by atoms with van der Waals surface area (Å²) in [6.07, 6.45) is 2.77. The minimum atomic E-state index is 0.244. The maximum Gasteiger partial charge on any atom is 0.202 e. The second kappa shape index (κ2) is 4.83. The van der Waals surface area contributed by atoms with Crippen LogP contribution in [0.4, 0.5) is 0 Å². The summed E-state index contributed by atoms with van der Waals surface area (Å²) >= 11 is 0. The molecule has 0 amide bonds. The molecule has 0 spiro atoms. The van der Waals surface area contributed by atoms with Gasteiger partial charge in [0, 0.05) is 19.2 Å². The highest BCUT2D eigenvalue weighted by molar-refractivity contribution is 5.49. The lowest BCUT2D eigenvalue weighted by Crippen LogP contribution is -2.31. The van der Waals surface area contributed by atoms with Crippen molar-refractivity contribution in [3.05, 3.63) is 30.2 Å². The number of rotatable bonds is 4. The third-order valence-electron chi connectivity index (χ3n) is 3.84. The molecule has 2 N–H and O–H groups in total. The van der Waals surface area contributed by atoms with E-state index in [9.17, 15) is 0 Å². The van der Waals surface area contributed by atoms with Crippen LogP contribution in [0.3, 0.4) is 0 Å². The first kappa shape index (κ1) is 12.4. The molecule has 2 aromatic rings. The maximum atomic E-state index is 5.82. The molecule has 5 heteroatoms. The van der Waals surface area contributed by atoms with Crippen LogP contribution in [0.15, 0.2) is 33.4 Å². The lowest BCUT2D eigenvalue weighted by molar-refractivity contribution is 0.267. The van der Waals surface area contributed by atoms with Gasteiger partial charge in [-0.2, -0.15) is 0 Å². The molecule has 1 unspecified atom stereocenters. The monoisotopic (exact) mass is 261 g/mol. The van der Waals surface area contributed by atoms with Gasteiger partial charge in [-0.1, -0.05) is 12.1 Å². The molecular formula is C14H19N3O2. The molecule has 3 rings (SSSR count). The number of aromatic nitrogens is 1. The van der Waals surface area contributed by atoms with E-state index in [2.05, 4.69) is 17.0 Å². The fourth-order valence-corrected chi connectivity index (χ4v) is 2.58. The van der Waals surface area contributed by atoms with Gasteiger partial charge in [-0.25, -0.2) is 0 Å². The van der Waals surface area contributed by atoms with Crippen LogP contribution in [0.5, 0.6) is 0 Å². The van der Waals surface area contributed by atoms with Crippen molar-refractivity contribution in [1.29, 1.82) is 0 Å². The second-order valence-corrected chi connectivity index (χ2v) is 5.64. The van der Waals surface area contributed by atoms with E-state index >= 15 is 0 Å². The van der Waals surface area contributed by atoms with Crippen LogP contribution >= 0.6 is 0 Å². The van der Waals surface area contributed by atoms with Gasteiger partial charge >= 0.3 is 0 Å². The summed E-state index contributed by atoms with van der Waals surface area (Å²) in [5.41, 5.74) is 7.00. The van der Waals surface area contributed by atoms with E-state index < -0.39 is 0 Å². The molecule has 1 fully saturated rings. The molecule has 0 bridgehead atoms. The van der Waals surface area contributed by atoms with Gasteiger partial charge in [0.2, 0.25) is 5.76 Å². The fraction of sp³-hybridized carbons (Fsp3) is 0.500. The molecule has 0 radical (unpaired) electrons. The van der Waals surface area contributed by atoms with Crippen LogP contribution in [-0.2, 0) is 6.54 Å². The van der Waals surface area contributed by atoms with Crippen molar-refractivity contribution in [1.82, 2.24) is 10.1 Å². The Bertz CT molecular complexity index is 535. The van der Waals surface area contributed by atoms with Crippen LogP contribution in [0, 0.1) is 5.41 Å². The van der Waals surface area contributed by atoms with E-state index in [0.717, 1.165) is 38.3 Å². The molecule has 5 nitrogen and oxygen atoms in total. The van der Waals surface area contributed by atoms with Crippen molar-refractivity contribution in [2.45, 2.75) is 19.9 Å². The van der Waals surface area contributed by atoms with Gasteiger partial charge in [-0.3, -0.25) is 4.90 Å². The Labute approximate surface area is 112 Å². The van der Waals surface area contributed by atoms with E-state index in [1.807, 2.05) is 18.2 Å². The number of hydrogen-bond donors (Lipinski definition) is 1. The Morgan fingerprint density at radius 1 is 1.47 bits per heavy atom. The third kappa shape index (κ3) is 2.57. The molecule has 3 heterocycles. The molecule has 19 heavy (non-hydrogen) atoms. The summed E-state index contributed by atoms with van der Waals surface area (Å²) in [5, 5.41) is 4.10. The van der Waals surface area contributed by atoms with Gasteiger partial charge in [0.25, 0.3) is 0 Å². The summed E-state index contributed by atoms with van der Waals surface area (Å²) in [5.74, 6) is 1.40. The van der Waals surface area contributed by atoms with Crippen LogP contribution < -0.4 is 5.73 Å². The number of nitrogens with two attached hydrogens (primary N) is 1. The molecule has 0 aromatic carbocycles. The minimum Gasteiger partial charge on any atom is -0.461 e. The zero-order chi connectivity index (χ0) is 13.3. The molecule has 2 aromatic heterocycles. The predicted octanol–water partition coefficient (Wildman–Crippen LogP) is 2.11.